The van der Waals surface area contributed by atoms with Crippen LogP contribution in [0.3, 0.4) is 0 Å². The Balaban J connectivity index is 3.90. The number of unbranched alkanes of at least 4 members (excludes halogenated alkanes) is 1. The van der Waals surface area contributed by atoms with Gasteiger partial charge < -0.3 is 10.4 Å². The monoisotopic (exact) mass is 219 g/mol. The molecule has 1 unspecified atom stereocenters. The molecule has 0 rings (SSSR count). The smallest absolute Gasteiger partial charge is 0.336 e. The van der Waals surface area contributed by atoms with Crippen molar-refractivity contribution in [2.75, 3.05) is 5.75 Å². The summed E-state index contributed by atoms with van der Waals surface area (Å²) in [5, 5.41) is 10.4. The molecule has 0 aromatic heterocycles. The summed E-state index contributed by atoms with van der Waals surface area (Å²) in [7, 11) is 0. The number of hydrogen-bond acceptors (Lipinski definition) is 3. The van der Waals surface area contributed by atoms with Gasteiger partial charge in [0.25, 0.3) is 0 Å². The fourth-order valence-electron chi connectivity index (χ4n) is 0.768. The fraction of sp³-hybridized carbons (Fsp3) is 0.778. The first-order valence-corrected chi connectivity index (χ1v) is 5.80. The summed E-state index contributed by atoms with van der Waals surface area (Å²) in [6.45, 7) is 3.74. The number of carboxylic acids is 1. The van der Waals surface area contributed by atoms with Crippen LogP contribution in [0.4, 0.5) is 0 Å². The van der Waals surface area contributed by atoms with Gasteiger partial charge in [0.05, 0.1) is 0 Å². The molecule has 0 aromatic rings. The van der Waals surface area contributed by atoms with Crippen LogP contribution < -0.4 is 5.32 Å². The number of nitrogens with one attached hydrogen (secondary N) is 1. The molecule has 0 aliphatic heterocycles. The number of hydrogen-bond donors (Lipinski definition) is 2. The maximum Gasteiger partial charge on any atom is 0.336 e. The van der Waals surface area contributed by atoms with Gasteiger partial charge in [-0.05, 0) is 12.2 Å². The molecular formula is C9H17NO3S. The fourth-order valence-corrected chi connectivity index (χ4v) is 1.82. The largest absolute Gasteiger partial charge is 0.479 e. The van der Waals surface area contributed by atoms with Crippen molar-refractivity contribution in [2.24, 2.45) is 0 Å². The van der Waals surface area contributed by atoms with E-state index in [0.29, 0.717) is 6.42 Å². The Morgan fingerprint density at radius 2 is 2.07 bits per heavy atom. The van der Waals surface area contributed by atoms with Crippen LogP contribution in [0.1, 0.15) is 33.1 Å². The first kappa shape index (κ1) is 13.3. The lowest BCUT2D eigenvalue weighted by Gasteiger charge is -2.12. The van der Waals surface area contributed by atoms with Gasteiger partial charge in [-0.2, -0.15) is 0 Å². The lowest BCUT2D eigenvalue weighted by molar-refractivity contribution is -0.139. The van der Waals surface area contributed by atoms with Crippen molar-refractivity contribution < 1.29 is 14.7 Å². The topological polar surface area (TPSA) is 66.4 Å². The average Bonchev–Trinajstić information content (AvgIpc) is 2.16. The zero-order chi connectivity index (χ0) is 11.0. The third-order valence-electron chi connectivity index (χ3n) is 1.62. The van der Waals surface area contributed by atoms with E-state index in [1.54, 1.807) is 6.92 Å². The number of thioether (sulfide) groups is 1. The predicted molar refractivity (Wildman–Crippen MR) is 57.2 cm³/mol. The van der Waals surface area contributed by atoms with Gasteiger partial charge >= 0.3 is 5.97 Å². The summed E-state index contributed by atoms with van der Waals surface area (Å²) in [4.78, 5) is 21.7. The molecule has 0 fully saturated rings. The molecule has 0 heterocycles. The molecule has 0 bridgehead atoms. The van der Waals surface area contributed by atoms with Gasteiger partial charge in [-0.3, -0.25) is 4.79 Å². The quantitative estimate of drug-likeness (QED) is 0.502. The summed E-state index contributed by atoms with van der Waals surface area (Å²) in [5.74, 6) is -0.438. The van der Waals surface area contributed by atoms with E-state index in [9.17, 15) is 9.59 Å². The minimum atomic E-state index is -0.979. The van der Waals surface area contributed by atoms with Crippen LogP contribution in [0.2, 0.25) is 0 Å². The number of amides is 1. The van der Waals surface area contributed by atoms with Crippen LogP contribution in [0.15, 0.2) is 0 Å². The highest BCUT2D eigenvalue weighted by Crippen LogP contribution is 2.11. The Morgan fingerprint density at radius 1 is 1.43 bits per heavy atom. The number of carbonyl (C=O) groups excluding carboxylic acids is 1. The summed E-state index contributed by atoms with van der Waals surface area (Å²) in [5.41, 5.74) is 0. The molecule has 1 amide bonds. The SMILES string of the molecule is CCCCSC(NC(=O)CC)C(=O)O. The van der Waals surface area contributed by atoms with Crippen LogP contribution in [-0.2, 0) is 9.59 Å². The second-order valence-electron chi connectivity index (χ2n) is 2.86. The normalized spacial score (nSPS) is 12.1. The van der Waals surface area contributed by atoms with E-state index >= 15 is 0 Å². The van der Waals surface area contributed by atoms with Crippen LogP contribution in [-0.4, -0.2) is 28.1 Å². The molecule has 5 heteroatoms. The van der Waals surface area contributed by atoms with Crippen molar-refractivity contribution in [2.45, 2.75) is 38.5 Å². The first-order valence-electron chi connectivity index (χ1n) is 4.75. The van der Waals surface area contributed by atoms with Crippen LogP contribution in [0.25, 0.3) is 0 Å². The van der Waals surface area contributed by atoms with Crippen molar-refractivity contribution >= 4 is 23.6 Å². The van der Waals surface area contributed by atoms with Gasteiger partial charge in [-0.1, -0.05) is 20.3 Å². The molecule has 0 aliphatic carbocycles. The van der Waals surface area contributed by atoms with Gasteiger partial charge in [0.1, 0.15) is 0 Å². The Bertz CT molecular complexity index is 196. The summed E-state index contributed by atoms with van der Waals surface area (Å²) < 4.78 is 0. The Hall–Kier alpha value is -0.710. The van der Waals surface area contributed by atoms with Crippen molar-refractivity contribution in [3.05, 3.63) is 0 Å². The molecule has 0 saturated carbocycles. The van der Waals surface area contributed by atoms with E-state index in [1.165, 1.54) is 11.8 Å². The van der Waals surface area contributed by atoms with E-state index in [0.717, 1.165) is 18.6 Å². The molecule has 14 heavy (non-hydrogen) atoms. The van der Waals surface area contributed by atoms with Crippen molar-refractivity contribution in [3.63, 3.8) is 0 Å². The molecule has 0 spiro atoms. The zero-order valence-electron chi connectivity index (χ0n) is 8.58. The lowest BCUT2D eigenvalue weighted by atomic mass is 10.4. The molecule has 1 atom stereocenters. The Kier molecular flexibility index (Phi) is 7.28. The predicted octanol–water partition coefficient (Wildman–Crippen LogP) is 1.46. The van der Waals surface area contributed by atoms with Gasteiger partial charge in [0.2, 0.25) is 5.91 Å². The number of rotatable bonds is 7. The maximum atomic E-state index is 11.0. The molecule has 0 saturated heterocycles. The van der Waals surface area contributed by atoms with Crippen molar-refractivity contribution in [3.8, 4) is 0 Å². The highest BCUT2D eigenvalue weighted by molar-refractivity contribution is 8.00. The van der Waals surface area contributed by atoms with E-state index < -0.39 is 11.3 Å². The van der Waals surface area contributed by atoms with E-state index in [4.69, 9.17) is 5.11 Å². The Morgan fingerprint density at radius 3 is 2.50 bits per heavy atom. The van der Waals surface area contributed by atoms with Crippen molar-refractivity contribution in [1.29, 1.82) is 0 Å². The standard InChI is InChI=1S/C9H17NO3S/c1-3-5-6-14-8(9(12)13)10-7(11)4-2/h8H,3-6H2,1-2H3,(H,10,11)(H,12,13). The second kappa shape index (κ2) is 7.67. The van der Waals surface area contributed by atoms with E-state index in [-0.39, 0.29) is 5.91 Å². The van der Waals surface area contributed by atoms with E-state index in [2.05, 4.69) is 5.32 Å². The third kappa shape index (κ3) is 5.85. The van der Waals surface area contributed by atoms with Gasteiger partial charge in [-0.15, -0.1) is 11.8 Å². The van der Waals surface area contributed by atoms with Gasteiger partial charge in [-0.25, -0.2) is 4.79 Å². The van der Waals surface area contributed by atoms with Crippen LogP contribution in [0, 0.1) is 0 Å². The zero-order valence-corrected chi connectivity index (χ0v) is 9.39. The molecular weight excluding hydrogens is 202 g/mol. The molecule has 82 valence electrons. The number of carbonyl (C=O) groups is 2. The molecule has 4 nitrogen and oxygen atoms in total. The molecule has 0 aliphatic rings. The maximum absolute atomic E-state index is 11.0. The summed E-state index contributed by atoms with van der Waals surface area (Å²) >= 11 is 1.27. The Labute approximate surface area is 88.4 Å². The average molecular weight is 219 g/mol. The highest BCUT2D eigenvalue weighted by Gasteiger charge is 2.18. The van der Waals surface area contributed by atoms with Crippen molar-refractivity contribution in [1.82, 2.24) is 5.32 Å². The third-order valence-corrected chi connectivity index (χ3v) is 2.80. The lowest BCUT2D eigenvalue weighted by Crippen LogP contribution is -2.38. The molecule has 0 radical (unpaired) electrons. The first-order chi connectivity index (χ1) is 6.61. The highest BCUT2D eigenvalue weighted by atomic mass is 32.2. The second-order valence-corrected chi connectivity index (χ2v) is 4.08. The molecule has 0 aromatic carbocycles. The summed E-state index contributed by atoms with van der Waals surface area (Å²) in [6.07, 6.45) is 2.32. The minimum absolute atomic E-state index is 0.221. The number of carboxylic acid groups (broad SMARTS) is 1. The molecule has 2 N–H and O–H groups in total. The number of aliphatic carboxylic acids is 1. The summed E-state index contributed by atoms with van der Waals surface area (Å²) in [6, 6.07) is 0. The van der Waals surface area contributed by atoms with Crippen LogP contribution >= 0.6 is 11.8 Å². The van der Waals surface area contributed by atoms with Crippen LogP contribution in [0.5, 0.6) is 0 Å². The minimum Gasteiger partial charge on any atom is -0.479 e. The van der Waals surface area contributed by atoms with Gasteiger partial charge in [0, 0.05) is 6.42 Å². The van der Waals surface area contributed by atoms with E-state index in [1.807, 2.05) is 6.92 Å². The van der Waals surface area contributed by atoms with Gasteiger partial charge in [0.15, 0.2) is 5.37 Å².